The summed E-state index contributed by atoms with van der Waals surface area (Å²) in [4.78, 5) is 32.9. The number of fused-ring (bicyclic) bond motifs is 1. The first kappa shape index (κ1) is 17.5. The zero-order valence-electron chi connectivity index (χ0n) is 15.1. The maximum absolute atomic E-state index is 12.3. The molecular weight excluding hydrogens is 342 g/mol. The SMILES string of the molecule is O=C1CC(CNc2nc(CCc3ccccc3)nc3c2CCNC3=O)CN1. The highest BCUT2D eigenvalue weighted by molar-refractivity contribution is 5.96. The van der Waals surface area contributed by atoms with E-state index in [2.05, 4.69) is 33.1 Å². The van der Waals surface area contributed by atoms with E-state index < -0.39 is 0 Å². The molecule has 1 atom stereocenters. The van der Waals surface area contributed by atoms with Gasteiger partial charge in [0.15, 0.2) is 0 Å². The average Bonchev–Trinajstić information content (AvgIpc) is 3.11. The van der Waals surface area contributed by atoms with E-state index in [-0.39, 0.29) is 17.7 Å². The lowest BCUT2D eigenvalue weighted by Gasteiger charge is -2.21. The molecule has 1 unspecified atom stereocenters. The van der Waals surface area contributed by atoms with Gasteiger partial charge in [-0.15, -0.1) is 0 Å². The number of carbonyl (C=O) groups excluding carboxylic acids is 2. The fraction of sp³-hybridized carbons (Fsp3) is 0.400. The molecule has 3 N–H and O–H groups in total. The number of hydrogen-bond donors (Lipinski definition) is 3. The molecule has 0 saturated carbocycles. The molecule has 7 nitrogen and oxygen atoms in total. The summed E-state index contributed by atoms with van der Waals surface area (Å²) in [5.41, 5.74) is 2.57. The summed E-state index contributed by atoms with van der Waals surface area (Å²) in [5, 5.41) is 9.08. The van der Waals surface area contributed by atoms with Crippen molar-refractivity contribution in [3.8, 4) is 0 Å². The van der Waals surface area contributed by atoms with Crippen molar-refractivity contribution in [2.75, 3.05) is 25.0 Å². The van der Waals surface area contributed by atoms with Gasteiger partial charge in [-0.25, -0.2) is 9.97 Å². The molecule has 27 heavy (non-hydrogen) atoms. The molecule has 1 aromatic carbocycles. The number of nitrogens with one attached hydrogen (secondary N) is 3. The third-order valence-electron chi connectivity index (χ3n) is 5.03. The Labute approximate surface area is 158 Å². The second kappa shape index (κ2) is 7.73. The van der Waals surface area contributed by atoms with Gasteiger partial charge in [-0.05, 0) is 18.4 Å². The molecule has 7 heteroatoms. The standard InChI is InChI=1S/C20H23N5O2/c26-17-10-14(11-22-17)12-23-19-15-8-9-21-20(27)18(15)24-16(25-19)7-6-13-4-2-1-3-5-13/h1-5,14H,6-12H2,(H,21,27)(H,22,26)(H,23,24,25). The van der Waals surface area contributed by atoms with Gasteiger partial charge in [-0.3, -0.25) is 9.59 Å². The number of carbonyl (C=O) groups is 2. The van der Waals surface area contributed by atoms with Crippen LogP contribution < -0.4 is 16.0 Å². The fourth-order valence-electron chi connectivity index (χ4n) is 3.55. The van der Waals surface area contributed by atoms with Gasteiger partial charge in [0.05, 0.1) is 0 Å². The van der Waals surface area contributed by atoms with E-state index in [1.807, 2.05) is 18.2 Å². The van der Waals surface area contributed by atoms with E-state index >= 15 is 0 Å². The molecular formula is C20H23N5O2. The summed E-state index contributed by atoms with van der Waals surface area (Å²) in [7, 11) is 0. The highest BCUT2D eigenvalue weighted by Gasteiger charge is 2.25. The monoisotopic (exact) mass is 365 g/mol. The van der Waals surface area contributed by atoms with E-state index in [1.165, 1.54) is 5.56 Å². The van der Waals surface area contributed by atoms with Crippen molar-refractivity contribution < 1.29 is 9.59 Å². The summed E-state index contributed by atoms with van der Waals surface area (Å²) in [6.07, 6.45) is 2.73. The molecule has 1 saturated heterocycles. The van der Waals surface area contributed by atoms with Gasteiger partial charge in [0.2, 0.25) is 5.91 Å². The Hall–Kier alpha value is -2.96. The number of rotatable bonds is 6. The average molecular weight is 365 g/mol. The first-order valence-corrected chi connectivity index (χ1v) is 9.41. The molecule has 1 aromatic heterocycles. The predicted molar refractivity (Wildman–Crippen MR) is 102 cm³/mol. The van der Waals surface area contributed by atoms with Gasteiger partial charge in [-0.2, -0.15) is 0 Å². The molecule has 0 spiro atoms. The van der Waals surface area contributed by atoms with Gasteiger partial charge >= 0.3 is 0 Å². The summed E-state index contributed by atoms with van der Waals surface area (Å²) >= 11 is 0. The molecule has 0 radical (unpaired) electrons. The largest absolute Gasteiger partial charge is 0.369 e. The van der Waals surface area contributed by atoms with Crippen molar-refractivity contribution >= 4 is 17.6 Å². The minimum atomic E-state index is -0.139. The van der Waals surface area contributed by atoms with Gasteiger partial charge in [-0.1, -0.05) is 30.3 Å². The van der Waals surface area contributed by atoms with Crippen molar-refractivity contribution in [1.82, 2.24) is 20.6 Å². The minimum absolute atomic E-state index is 0.0921. The van der Waals surface area contributed by atoms with Crippen LogP contribution in [0.25, 0.3) is 0 Å². The Bertz CT molecular complexity index is 853. The predicted octanol–water partition coefficient (Wildman–Crippen LogP) is 1.10. The molecule has 140 valence electrons. The Balaban J connectivity index is 1.53. The van der Waals surface area contributed by atoms with E-state index in [4.69, 9.17) is 4.98 Å². The maximum Gasteiger partial charge on any atom is 0.270 e. The molecule has 2 aliphatic rings. The molecule has 4 rings (SSSR count). The van der Waals surface area contributed by atoms with Crippen LogP contribution in [0.3, 0.4) is 0 Å². The van der Waals surface area contributed by atoms with Gasteiger partial charge in [0.25, 0.3) is 5.91 Å². The number of anilines is 1. The number of amides is 2. The van der Waals surface area contributed by atoms with Gasteiger partial charge in [0.1, 0.15) is 17.3 Å². The molecule has 2 aliphatic heterocycles. The molecule has 3 heterocycles. The quantitative estimate of drug-likeness (QED) is 0.712. The van der Waals surface area contributed by atoms with E-state index in [0.29, 0.717) is 50.4 Å². The number of aromatic nitrogens is 2. The highest BCUT2D eigenvalue weighted by Crippen LogP contribution is 2.22. The second-order valence-electron chi connectivity index (χ2n) is 7.06. The van der Waals surface area contributed by atoms with Crippen LogP contribution in [0.5, 0.6) is 0 Å². The van der Waals surface area contributed by atoms with Crippen molar-refractivity contribution in [3.63, 3.8) is 0 Å². The first-order valence-electron chi connectivity index (χ1n) is 9.41. The molecule has 0 aliphatic carbocycles. The number of benzene rings is 1. The van der Waals surface area contributed by atoms with Crippen LogP contribution in [-0.2, 0) is 24.1 Å². The molecule has 2 aromatic rings. The summed E-state index contributed by atoms with van der Waals surface area (Å²) in [6.45, 7) is 1.93. The number of aryl methyl sites for hydroxylation is 2. The fourth-order valence-corrected chi connectivity index (χ4v) is 3.55. The summed E-state index contributed by atoms with van der Waals surface area (Å²) in [6, 6.07) is 10.2. The van der Waals surface area contributed by atoms with Crippen LogP contribution in [-0.4, -0.2) is 41.4 Å². The van der Waals surface area contributed by atoms with Crippen LogP contribution >= 0.6 is 0 Å². The van der Waals surface area contributed by atoms with E-state index in [1.54, 1.807) is 0 Å². The van der Waals surface area contributed by atoms with Gasteiger partial charge < -0.3 is 16.0 Å². The van der Waals surface area contributed by atoms with E-state index in [0.717, 1.165) is 17.8 Å². The van der Waals surface area contributed by atoms with Crippen LogP contribution in [0.4, 0.5) is 5.82 Å². The smallest absolute Gasteiger partial charge is 0.270 e. The van der Waals surface area contributed by atoms with E-state index in [9.17, 15) is 9.59 Å². The highest BCUT2D eigenvalue weighted by atomic mass is 16.2. The molecule has 0 bridgehead atoms. The van der Waals surface area contributed by atoms with Crippen LogP contribution in [0.2, 0.25) is 0 Å². The summed E-state index contributed by atoms with van der Waals surface area (Å²) in [5.74, 6) is 1.60. The molecule has 2 amide bonds. The number of hydrogen-bond acceptors (Lipinski definition) is 5. The zero-order valence-corrected chi connectivity index (χ0v) is 15.1. The van der Waals surface area contributed by atoms with Crippen molar-refractivity contribution in [2.45, 2.75) is 25.7 Å². The Morgan fingerprint density at radius 3 is 2.70 bits per heavy atom. The van der Waals surface area contributed by atoms with Gasteiger partial charge in [0, 0.05) is 44.0 Å². The van der Waals surface area contributed by atoms with Crippen molar-refractivity contribution in [3.05, 3.63) is 53.0 Å². The lowest BCUT2D eigenvalue weighted by molar-refractivity contribution is -0.119. The third kappa shape index (κ3) is 4.07. The Morgan fingerprint density at radius 1 is 1.07 bits per heavy atom. The van der Waals surface area contributed by atoms with Crippen LogP contribution in [0.15, 0.2) is 30.3 Å². The number of nitrogens with zero attached hydrogens (tertiary/aromatic N) is 2. The van der Waals surface area contributed by atoms with Crippen LogP contribution in [0, 0.1) is 5.92 Å². The summed E-state index contributed by atoms with van der Waals surface area (Å²) < 4.78 is 0. The molecule has 1 fully saturated rings. The van der Waals surface area contributed by atoms with Crippen molar-refractivity contribution in [2.24, 2.45) is 5.92 Å². The first-order chi connectivity index (χ1) is 13.2. The van der Waals surface area contributed by atoms with Crippen LogP contribution in [0.1, 0.15) is 33.9 Å². The Kier molecular flexibility index (Phi) is 5.00. The lowest BCUT2D eigenvalue weighted by Crippen LogP contribution is -2.34. The zero-order chi connectivity index (χ0) is 18.6. The Morgan fingerprint density at radius 2 is 1.93 bits per heavy atom. The van der Waals surface area contributed by atoms with Crippen molar-refractivity contribution in [1.29, 1.82) is 0 Å². The maximum atomic E-state index is 12.3. The normalized spacial score (nSPS) is 18.6. The minimum Gasteiger partial charge on any atom is -0.369 e. The second-order valence-corrected chi connectivity index (χ2v) is 7.06. The lowest BCUT2D eigenvalue weighted by atomic mass is 10.0. The topological polar surface area (TPSA) is 96.0 Å². The third-order valence-corrected chi connectivity index (χ3v) is 5.03.